The van der Waals surface area contributed by atoms with Gasteiger partial charge in [-0.1, -0.05) is 30.3 Å². The van der Waals surface area contributed by atoms with E-state index in [4.69, 9.17) is 4.74 Å². The van der Waals surface area contributed by atoms with E-state index in [9.17, 15) is 17.6 Å². The molecule has 1 amide bonds. The monoisotopic (exact) mass is 426 g/mol. The van der Waals surface area contributed by atoms with Gasteiger partial charge in [0, 0.05) is 24.3 Å². The van der Waals surface area contributed by atoms with Gasteiger partial charge in [0.2, 0.25) is 0 Å². The number of benzene rings is 3. The van der Waals surface area contributed by atoms with Crippen molar-refractivity contribution in [2.24, 2.45) is 0 Å². The number of nitrogens with one attached hydrogen (secondary N) is 1. The number of hydrogen-bond donors (Lipinski definition) is 1. The van der Waals surface area contributed by atoms with E-state index >= 15 is 0 Å². The first kappa shape index (κ1) is 19.9. The van der Waals surface area contributed by atoms with Gasteiger partial charge in [-0.25, -0.2) is 12.8 Å². The molecule has 0 saturated carbocycles. The number of halogens is 1. The number of carbonyl (C=O) groups is 1. The first-order chi connectivity index (χ1) is 14.4. The van der Waals surface area contributed by atoms with E-state index in [2.05, 4.69) is 4.72 Å². The molecule has 0 aliphatic carbocycles. The maximum absolute atomic E-state index is 13.1. The van der Waals surface area contributed by atoms with Crippen molar-refractivity contribution in [1.29, 1.82) is 0 Å². The van der Waals surface area contributed by atoms with Crippen LogP contribution in [-0.2, 0) is 27.9 Å². The highest BCUT2D eigenvalue weighted by Gasteiger charge is 2.23. The number of nitrogens with zero attached hydrogens (tertiary/aromatic N) is 1. The van der Waals surface area contributed by atoms with Crippen LogP contribution in [0.15, 0.2) is 77.7 Å². The number of carbonyl (C=O) groups excluding carboxylic acids is 1. The van der Waals surface area contributed by atoms with Crippen molar-refractivity contribution in [2.75, 3.05) is 11.3 Å². The summed E-state index contributed by atoms with van der Waals surface area (Å²) in [5.41, 5.74) is 1.84. The molecule has 3 aromatic carbocycles. The van der Waals surface area contributed by atoms with Gasteiger partial charge in [-0.2, -0.15) is 0 Å². The molecule has 3 aromatic rings. The lowest BCUT2D eigenvalue weighted by atomic mass is 10.1. The molecule has 0 fully saturated rings. The van der Waals surface area contributed by atoms with Crippen LogP contribution in [0, 0.1) is 5.82 Å². The summed E-state index contributed by atoms with van der Waals surface area (Å²) in [6, 6.07) is 18.9. The summed E-state index contributed by atoms with van der Waals surface area (Å²) in [5.74, 6) is -0.0282. The van der Waals surface area contributed by atoms with Crippen LogP contribution in [0.3, 0.4) is 0 Å². The van der Waals surface area contributed by atoms with E-state index < -0.39 is 10.0 Å². The Balaban J connectivity index is 1.57. The molecule has 0 atom stereocenters. The smallest absolute Gasteiger partial charge is 0.261 e. The van der Waals surface area contributed by atoms with Gasteiger partial charge < -0.3 is 9.64 Å². The Morgan fingerprint density at radius 3 is 2.47 bits per heavy atom. The second kappa shape index (κ2) is 8.16. The van der Waals surface area contributed by atoms with Crippen LogP contribution in [0.2, 0.25) is 0 Å². The zero-order valence-corrected chi connectivity index (χ0v) is 16.7. The summed E-state index contributed by atoms with van der Waals surface area (Å²) in [6.45, 7) is 0.414. The molecule has 0 unspecified atom stereocenters. The SMILES string of the molecule is O=C1COc2ccc(NS(=O)(=O)c3ccccc3)cc2CN1Cc1ccc(F)cc1. The van der Waals surface area contributed by atoms with Crippen molar-refractivity contribution in [3.63, 3.8) is 0 Å². The number of ether oxygens (including phenoxy) is 1. The molecule has 0 spiro atoms. The first-order valence-electron chi connectivity index (χ1n) is 9.26. The number of fused-ring (bicyclic) bond motifs is 1. The number of rotatable bonds is 5. The fourth-order valence-corrected chi connectivity index (χ4v) is 4.27. The van der Waals surface area contributed by atoms with E-state index in [-0.39, 0.29) is 29.8 Å². The molecule has 1 N–H and O–H groups in total. The molecular formula is C22H19FN2O4S. The molecule has 0 saturated heterocycles. The van der Waals surface area contributed by atoms with E-state index in [1.807, 2.05) is 0 Å². The van der Waals surface area contributed by atoms with Gasteiger partial charge in [-0.3, -0.25) is 9.52 Å². The minimum Gasteiger partial charge on any atom is -0.483 e. The summed E-state index contributed by atoms with van der Waals surface area (Å²) >= 11 is 0. The number of amides is 1. The van der Waals surface area contributed by atoms with Crippen LogP contribution in [0.25, 0.3) is 0 Å². The molecule has 4 rings (SSSR count). The molecule has 8 heteroatoms. The van der Waals surface area contributed by atoms with Crippen molar-refractivity contribution in [3.05, 3.63) is 89.7 Å². The van der Waals surface area contributed by atoms with E-state index in [0.29, 0.717) is 23.5 Å². The minimum absolute atomic E-state index is 0.122. The van der Waals surface area contributed by atoms with Gasteiger partial charge >= 0.3 is 0 Å². The zero-order chi connectivity index (χ0) is 21.1. The molecule has 6 nitrogen and oxygen atoms in total. The Hall–Kier alpha value is -3.39. The summed E-state index contributed by atoms with van der Waals surface area (Å²) in [7, 11) is -3.73. The molecule has 30 heavy (non-hydrogen) atoms. The summed E-state index contributed by atoms with van der Waals surface area (Å²) in [4.78, 5) is 14.2. The topological polar surface area (TPSA) is 75.7 Å². The molecule has 0 bridgehead atoms. The van der Waals surface area contributed by atoms with Crippen LogP contribution in [0.4, 0.5) is 10.1 Å². The zero-order valence-electron chi connectivity index (χ0n) is 15.9. The summed E-state index contributed by atoms with van der Waals surface area (Å²) < 4.78 is 46.5. The molecular weight excluding hydrogens is 407 g/mol. The van der Waals surface area contributed by atoms with Gasteiger partial charge in [-0.05, 0) is 48.0 Å². The van der Waals surface area contributed by atoms with E-state index in [0.717, 1.165) is 5.56 Å². The second-order valence-corrected chi connectivity index (χ2v) is 8.59. The molecule has 154 valence electrons. The first-order valence-corrected chi connectivity index (χ1v) is 10.7. The molecule has 1 aliphatic rings. The lowest BCUT2D eigenvalue weighted by molar-refractivity contribution is -0.133. The maximum Gasteiger partial charge on any atom is 0.261 e. The third-order valence-electron chi connectivity index (χ3n) is 4.72. The molecule has 0 radical (unpaired) electrons. The van der Waals surface area contributed by atoms with Crippen LogP contribution in [0.5, 0.6) is 5.75 Å². The third-order valence-corrected chi connectivity index (χ3v) is 6.12. The molecule has 1 heterocycles. The standard InChI is InChI=1S/C22H19FN2O4S/c23-18-8-6-16(7-9-18)13-25-14-17-12-19(10-11-21(17)29-15-22(25)26)24-30(27,28)20-4-2-1-3-5-20/h1-12,24H,13-15H2. The summed E-state index contributed by atoms with van der Waals surface area (Å²) in [5, 5.41) is 0. The van der Waals surface area contributed by atoms with Gasteiger partial charge in [0.05, 0.1) is 4.90 Å². The van der Waals surface area contributed by atoms with E-state index in [1.165, 1.54) is 24.3 Å². The van der Waals surface area contributed by atoms with Crippen LogP contribution >= 0.6 is 0 Å². The van der Waals surface area contributed by atoms with Crippen LogP contribution < -0.4 is 9.46 Å². The van der Waals surface area contributed by atoms with Crippen LogP contribution in [0.1, 0.15) is 11.1 Å². The molecule has 0 aromatic heterocycles. The Bertz CT molecular complexity index is 1170. The number of hydrogen-bond acceptors (Lipinski definition) is 4. The number of anilines is 1. The van der Waals surface area contributed by atoms with Crippen LogP contribution in [-0.4, -0.2) is 25.8 Å². The lowest BCUT2D eigenvalue weighted by Gasteiger charge is -2.20. The Morgan fingerprint density at radius 2 is 1.73 bits per heavy atom. The van der Waals surface area contributed by atoms with Gasteiger partial charge in [0.15, 0.2) is 6.61 Å². The second-order valence-electron chi connectivity index (χ2n) is 6.91. The molecule has 1 aliphatic heterocycles. The highest BCUT2D eigenvalue weighted by molar-refractivity contribution is 7.92. The third kappa shape index (κ3) is 4.44. The van der Waals surface area contributed by atoms with Crippen molar-refractivity contribution in [3.8, 4) is 5.75 Å². The minimum atomic E-state index is -3.73. The van der Waals surface area contributed by atoms with Gasteiger partial charge in [0.1, 0.15) is 11.6 Å². The largest absolute Gasteiger partial charge is 0.483 e. The predicted octanol–water partition coefficient (Wildman–Crippen LogP) is 3.55. The average molecular weight is 426 g/mol. The predicted molar refractivity (Wildman–Crippen MR) is 110 cm³/mol. The Morgan fingerprint density at radius 1 is 1.00 bits per heavy atom. The average Bonchev–Trinajstić information content (AvgIpc) is 2.89. The Labute approximate surface area is 174 Å². The highest BCUT2D eigenvalue weighted by atomic mass is 32.2. The lowest BCUT2D eigenvalue weighted by Crippen LogP contribution is -2.31. The quantitative estimate of drug-likeness (QED) is 0.677. The summed E-state index contributed by atoms with van der Waals surface area (Å²) in [6.07, 6.45) is 0. The highest BCUT2D eigenvalue weighted by Crippen LogP contribution is 2.28. The van der Waals surface area contributed by atoms with Crippen molar-refractivity contribution in [1.82, 2.24) is 4.90 Å². The maximum atomic E-state index is 13.1. The number of sulfonamides is 1. The van der Waals surface area contributed by atoms with Crippen molar-refractivity contribution >= 4 is 21.6 Å². The van der Waals surface area contributed by atoms with Gasteiger partial charge in [-0.15, -0.1) is 0 Å². The normalized spacial score (nSPS) is 13.9. The fraction of sp³-hybridized carbons (Fsp3) is 0.136. The van der Waals surface area contributed by atoms with Crippen molar-refractivity contribution < 1.29 is 22.3 Å². The van der Waals surface area contributed by atoms with Crippen molar-refractivity contribution in [2.45, 2.75) is 18.0 Å². The van der Waals surface area contributed by atoms with Gasteiger partial charge in [0.25, 0.3) is 15.9 Å². The fourth-order valence-electron chi connectivity index (χ4n) is 3.20. The Kier molecular flexibility index (Phi) is 5.41. The van der Waals surface area contributed by atoms with E-state index in [1.54, 1.807) is 53.4 Å².